The van der Waals surface area contributed by atoms with E-state index in [1.807, 2.05) is 19.1 Å². The van der Waals surface area contributed by atoms with E-state index in [1.54, 1.807) is 12.1 Å². The van der Waals surface area contributed by atoms with Crippen LogP contribution in [-0.2, 0) is 14.4 Å². The van der Waals surface area contributed by atoms with Crippen molar-refractivity contribution in [2.75, 3.05) is 18.4 Å². The van der Waals surface area contributed by atoms with Crippen LogP contribution < -0.4 is 11.1 Å². The maximum atomic E-state index is 12.0. The second kappa shape index (κ2) is 6.39. The minimum atomic E-state index is -0.656. The molecule has 3 amide bonds. The fourth-order valence-corrected chi connectivity index (χ4v) is 2.33. The summed E-state index contributed by atoms with van der Waals surface area (Å²) in [4.78, 5) is 36.5. The number of anilines is 1. The lowest BCUT2D eigenvalue weighted by Crippen LogP contribution is -2.46. The number of likely N-dealkylation sites (tertiary alicyclic amines) is 1. The monoisotopic (exact) mass is 289 g/mol. The average Bonchev–Trinajstić information content (AvgIpc) is 2.49. The smallest absolute Gasteiger partial charge is 0.313 e. The van der Waals surface area contributed by atoms with Gasteiger partial charge in [0.05, 0.1) is 0 Å². The normalized spacial score (nSPS) is 15.6. The van der Waals surface area contributed by atoms with Crippen molar-refractivity contribution in [3.8, 4) is 0 Å². The minimum Gasteiger partial charge on any atom is -0.369 e. The number of nitrogens with two attached hydrogens (primary N) is 1. The zero-order chi connectivity index (χ0) is 15.4. The van der Waals surface area contributed by atoms with Crippen LogP contribution in [-0.4, -0.2) is 35.7 Å². The third-order valence-corrected chi connectivity index (χ3v) is 3.69. The summed E-state index contributed by atoms with van der Waals surface area (Å²) < 4.78 is 0. The molecule has 1 fully saturated rings. The standard InChI is InChI=1S/C15H19N3O3/c1-10-2-4-12(5-3-10)17-14(20)15(21)18-8-6-11(7-9-18)13(16)19/h2-5,11H,6-9H2,1H3,(H2,16,19)(H,17,20). The number of piperidine rings is 1. The van der Waals surface area contributed by atoms with Crippen LogP contribution in [0.1, 0.15) is 18.4 Å². The third-order valence-electron chi connectivity index (χ3n) is 3.69. The van der Waals surface area contributed by atoms with Crippen LogP contribution in [0.5, 0.6) is 0 Å². The first-order valence-electron chi connectivity index (χ1n) is 6.93. The van der Waals surface area contributed by atoms with Gasteiger partial charge in [-0.2, -0.15) is 0 Å². The van der Waals surface area contributed by atoms with Gasteiger partial charge >= 0.3 is 11.8 Å². The molecule has 21 heavy (non-hydrogen) atoms. The minimum absolute atomic E-state index is 0.200. The average molecular weight is 289 g/mol. The van der Waals surface area contributed by atoms with E-state index >= 15 is 0 Å². The maximum absolute atomic E-state index is 12.0. The number of benzene rings is 1. The van der Waals surface area contributed by atoms with Gasteiger partial charge in [-0.1, -0.05) is 17.7 Å². The van der Waals surface area contributed by atoms with Crippen LogP contribution in [0, 0.1) is 12.8 Å². The van der Waals surface area contributed by atoms with Gasteiger partial charge in [-0.05, 0) is 31.9 Å². The molecule has 3 N–H and O–H groups in total. The van der Waals surface area contributed by atoms with Crippen molar-refractivity contribution >= 4 is 23.4 Å². The van der Waals surface area contributed by atoms with E-state index in [9.17, 15) is 14.4 Å². The molecule has 1 aliphatic heterocycles. The molecule has 0 saturated carbocycles. The van der Waals surface area contributed by atoms with Crippen molar-refractivity contribution in [3.63, 3.8) is 0 Å². The lowest BCUT2D eigenvalue weighted by Gasteiger charge is -2.29. The van der Waals surface area contributed by atoms with Gasteiger partial charge in [0.2, 0.25) is 5.91 Å². The Morgan fingerprint density at radius 2 is 1.71 bits per heavy atom. The van der Waals surface area contributed by atoms with Crippen LogP contribution >= 0.6 is 0 Å². The molecule has 0 atom stereocenters. The van der Waals surface area contributed by atoms with Gasteiger partial charge < -0.3 is 16.0 Å². The van der Waals surface area contributed by atoms with Crippen molar-refractivity contribution in [1.82, 2.24) is 4.90 Å². The van der Waals surface area contributed by atoms with Gasteiger partial charge in [0.1, 0.15) is 0 Å². The highest BCUT2D eigenvalue weighted by molar-refractivity contribution is 6.39. The summed E-state index contributed by atoms with van der Waals surface area (Å²) in [5, 5.41) is 2.58. The third kappa shape index (κ3) is 3.81. The molecule has 2 rings (SSSR count). The van der Waals surface area contributed by atoms with E-state index in [2.05, 4.69) is 5.32 Å². The predicted molar refractivity (Wildman–Crippen MR) is 78.3 cm³/mol. The molecule has 0 aromatic heterocycles. The summed E-state index contributed by atoms with van der Waals surface area (Å²) in [5.41, 5.74) is 6.91. The molecule has 0 aliphatic carbocycles. The molecular formula is C15H19N3O3. The summed E-state index contributed by atoms with van der Waals surface area (Å²) in [7, 11) is 0. The lowest BCUT2D eigenvalue weighted by atomic mass is 9.96. The van der Waals surface area contributed by atoms with Crippen molar-refractivity contribution in [1.29, 1.82) is 0 Å². The molecule has 0 bridgehead atoms. The number of carbonyl (C=O) groups excluding carboxylic acids is 3. The predicted octanol–water partition coefficient (Wildman–Crippen LogP) is 0.657. The van der Waals surface area contributed by atoms with Gasteiger partial charge in [-0.25, -0.2) is 0 Å². The van der Waals surface area contributed by atoms with Gasteiger partial charge in [0.15, 0.2) is 0 Å². The van der Waals surface area contributed by atoms with Crippen LogP contribution in [0.15, 0.2) is 24.3 Å². The summed E-state index contributed by atoms with van der Waals surface area (Å²) in [6.07, 6.45) is 1.03. The summed E-state index contributed by atoms with van der Waals surface area (Å²) in [5.74, 6) is -1.77. The van der Waals surface area contributed by atoms with Gasteiger partial charge in [0, 0.05) is 24.7 Å². The second-order valence-electron chi connectivity index (χ2n) is 5.29. The topological polar surface area (TPSA) is 92.5 Å². The fourth-order valence-electron chi connectivity index (χ4n) is 2.33. The molecule has 1 aliphatic rings. The van der Waals surface area contributed by atoms with Crippen molar-refractivity contribution in [2.24, 2.45) is 11.7 Å². The number of hydrogen-bond donors (Lipinski definition) is 2. The first-order valence-corrected chi connectivity index (χ1v) is 6.93. The van der Waals surface area contributed by atoms with Gasteiger partial charge in [-0.3, -0.25) is 14.4 Å². The van der Waals surface area contributed by atoms with E-state index in [4.69, 9.17) is 5.73 Å². The number of carbonyl (C=O) groups is 3. The lowest BCUT2D eigenvalue weighted by molar-refractivity contribution is -0.144. The molecule has 0 radical (unpaired) electrons. The molecule has 1 aromatic carbocycles. The molecule has 6 heteroatoms. The van der Waals surface area contributed by atoms with Gasteiger partial charge in [-0.15, -0.1) is 0 Å². The number of nitrogens with zero attached hydrogens (tertiary/aromatic N) is 1. The molecule has 6 nitrogen and oxygen atoms in total. The quantitative estimate of drug-likeness (QED) is 0.783. The highest BCUT2D eigenvalue weighted by Crippen LogP contribution is 2.17. The summed E-state index contributed by atoms with van der Waals surface area (Å²) in [6.45, 7) is 2.71. The van der Waals surface area contributed by atoms with Crippen molar-refractivity contribution in [2.45, 2.75) is 19.8 Å². The van der Waals surface area contributed by atoms with Gasteiger partial charge in [0.25, 0.3) is 0 Å². The van der Waals surface area contributed by atoms with Crippen molar-refractivity contribution < 1.29 is 14.4 Å². The molecule has 1 heterocycles. The first kappa shape index (κ1) is 15.0. The van der Waals surface area contributed by atoms with Crippen LogP contribution in [0.2, 0.25) is 0 Å². The van der Waals surface area contributed by atoms with E-state index in [1.165, 1.54) is 4.90 Å². The number of primary amides is 1. The Hall–Kier alpha value is -2.37. The van der Waals surface area contributed by atoms with Crippen molar-refractivity contribution in [3.05, 3.63) is 29.8 Å². The molecule has 112 valence electrons. The number of amides is 3. The number of rotatable bonds is 2. The van der Waals surface area contributed by atoms with E-state index in [-0.39, 0.29) is 11.8 Å². The highest BCUT2D eigenvalue weighted by Gasteiger charge is 2.29. The Bertz CT molecular complexity index is 546. The summed E-state index contributed by atoms with van der Waals surface area (Å²) in [6, 6.07) is 7.22. The number of aryl methyl sites for hydroxylation is 1. The van der Waals surface area contributed by atoms with E-state index < -0.39 is 11.8 Å². The Morgan fingerprint density at radius 3 is 2.24 bits per heavy atom. The van der Waals surface area contributed by atoms with E-state index in [0.717, 1.165) is 5.56 Å². The Kier molecular flexibility index (Phi) is 4.57. The fraction of sp³-hybridized carbons (Fsp3) is 0.400. The highest BCUT2D eigenvalue weighted by atomic mass is 16.2. The zero-order valence-electron chi connectivity index (χ0n) is 12.0. The molecule has 0 unspecified atom stereocenters. The summed E-state index contributed by atoms with van der Waals surface area (Å²) >= 11 is 0. The maximum Gasteiger partial charge on any atom is 0.313 e. The SMILES string of the molecule is Cc1ccc(NC(=O)C(=O)N2CCC(C(N)=O)CC2)cc1. The Balaban J connectivity index is 1.90. The Labute approximate surface area is 123 Å². The Morgan fingerprint density at radius 1 is 1.14 bits per heavy atom. The zero-order valence-corrected chi connectivity index (χ0v) is 12.0. The van der Waals surface area contributed by atoms with E-state index in [0.29, 0.717) is 31.6 Å². The largest absolute Gasteiger partial charge is 0.369 e. The van der Waals surface area contributed by atoms with Crippen LogP contribution in [0.3, 0.4) is 0 Å². The molecule has 1 aromatic rings. The van der Waals surface area contributed by atoms with Crippen LogP contribution in [0.25, 0.3) is 0 Å². The number of hydrogen-bond acceptors (Lipinski definition) is 3. The first-order chi connectivity index (χ1) is 9.97. The number of nitrogens with one attached hydrogen (secondary N) is 1. The molecular weight excluding hydrogens is 270 g/mol. The van der Waals surface area contributed by atoms with Crippen LogP contribution in [0.4, 0.5) is 5.69 Å². The molecule has 0 spiro atoms. The molecule has 1 saturated heterocycles. The second-order valence-corrected chi connectivity index (χ2v) is 5.29.